The molecule has 0 spiro atoms. The molecule has 0 aromatic heterocycles. The molecule has 0 heterocycles. The van der Waals surface area contributed by atoms with Gasteiger partial charge < -0.3 is 4.74 Å². The van der Waals surface area contributed by atoms with Crippen LogP contribution in [0.5, 0.6) is 5.75 Å². The molecule has 2 nitrogen and oxygen atoms in total. The molecule has 0 saturated heterocycles. The van der Waals surface area contributed by atoms with Crippen LogP contribution < -0.4 is 4.74 Å². The minimum Gasteiger partial charge on any atom is -0.514 e. The van der Waals surface area contributed by atoms with Gasteiger partial charge in [0.2, 0.25) is 0 Å². The summed E-state index contributed by atoms with van der Waals surface area (Å²) in [6.07, 6.45) is 2.42. The predicted molar refractivity (Wildman–Crippen MR) is 96.0 cm³/mol. The Balaban J connectivity index is 0.000000246. The number of hydrogen-bond donors (Lipinski definition) is 0. The van der Waals surface area contributed by atoms with Gasteiger partial charge in [0, 0.05) is 5.75 Å². The standard InChI is InChI=1S/C13H11O.C9H11.Co.O/c1-3-7-12(8-4-1)11-14-13-9-5-2-6-10-13;1-2-6-9-7-4-3-5-8-9;;/h1,3-10H,11H2;4-5,7-8H,2,6H2,1H3;;/q2*-1;;. The zero-order valence-corrected chi connectivity index (χ0v) is 15.3. The van der Waals surface area contributed by atoms with E-state index >= 15 is 0 Å². The Morgan fingerprint density at radius 2 is 1.36 bits per heavy atom. The van der Waals surface area contributed by atoms with Gasteiger partial charge in [-0.1, -0.05) is 50.1 Å². The van der Waals surface area contributed by atoms with Crippen molar-refractivity contribution in [2.45, 2.75) is 26.4 Å². The molecule has 3 aromatic carbocycles. The smallest absolute Gasteiger partial charge is 0.110 e. The quantitative estimate of drug-likeness (QED) is 0.558. The van der Waals surface area contributed by atoms with Crippen molar-refractivity contribution in [2.24, 2.45) is 0 Å². The van der Waals surface area contributed by atoms with Crippen molar-refractivity contribution in [3.05, 3.63) is 102 Å². The van der Waals surface area contributed by atoms with Gasteiger partial charge in [0.25, 0.3) is 0 Å². The number of rotatable bonds is 5. The van der Waals surface area contributed by atoms with Crippen molar-refractivity contribution in [1.82, 2.24) is 0 Å². The van der Waals surface area contributed by atoms with Crippen LogP contribution in [-0.4, -0.2) is 0 Å². The summed E-state index contributed by atoms with van der Waals surface area (Å²) in [6.45, 7) is 2.81. The second kappa shape index (κ2) is 14.1. The van der Waals surface area contributed by atoms with Crippen LogP contribution in [0.1, 0.15) is 24.5 Å². The van der Waals surface area contributed by atoms with Crippen molar-refractivity contribution in [2.75, 3.05) is 0 Å². The van der Waals surface area contributed by atoms with Crippen molar-refractivity contribution < 1.29 is 24.3 Å². The summed E-state index contributed by atoms with van der Waals surface area (Å²) in [7, 11) is 0. The van der Waals surface area contributed by atoms with Gasteiger partial charge in [0.15, 0.2) is 0 Å². The topological polar surface area (TPSA) is 26.3 Å². The summed E-state index contributed by atoms with van der Waals surface area (Å²) < 4.78 is 13.5. The van der Waals surface area contributed by atoms with Crippen LogP contribution in [0.2, 0.25) is 0 Å². The summed E-state index contributed by atoms with van der Waals surface area (Å²) in [6, 6.07) is 31.7. The fraction of sp³-hybridized carbons (Fsp3) is 0.182. The molecular formula is C22H22CoO2-2. The minimum atomic E-state index is 0.616. The summed E-state index contributed by atoms with van der Waals surface area (Å²) in [4.78, 5) is 0. The molecule has 0 atom stereocenters. The Hall–Kier alpha value is -2.23. The SMILES string of the molecule is CCCc1cc[c-]cc1.[O]=[Co].[c-]1ccc(OCc2ccccc2)cc1. The molecule has 133 valence electrons. The maximum atomic E-state index is 7.94. The van der Waals surface area contributed by atoms with Crippen molar-refractivity contribution >= 4 is 0 Å². The third kappa shape index (κ3) is 9.60. The zero-order valence-electron chi connectivity index (χ0n) is 14.3. The third-order valence-electron chi connectivity index (χ3n) is 3.26. The molecule has 0 fully saturated rings. The van der Waals surface area contributed by atoms with Gasteiger partial charge >= 0.3 is 19.5 Å². The molecule has 0 amide bonds. The Bertz CT molecular complexity index is 618. The maximum Gasteiger partial charge on any atom is 0.110 e. The number of benzene rings is 3. The average molecular weight is 377 g/mol. The summed E-state index contributed by atoms with van der Waals surface area (Å²) >= 11 is 2.31. The fourth-order valence-electron chi connectivity index (χ4n) is 2.09. The van der Waals surface area contributed by atoms with Crippen LogP contribution in [0.15, 0.2) is 78.9 Å². The first-order chi connectivity index (χ1) is 12.4. The second-order valence-electron chi connectivity index (χ2n) is 5.17. The molecule has 3 heteroatoms. The normalized spacial score (nSPS) is 9.04. The molecule has 25 heavy (non-hydrogen) atoms. The van der Waals surface area contributed by atoms with E-state index < -0.39 is 0 Å². The Morgan fingerprint density at radius 3 is 1.92 bits per heavy atom. The van der Waals surface area contributed by atoms with E-state index in [1.54, 1.807) is 0 Å². The van der Waals surface area contributed by atoms with Crippen LogP contribution in [0.4, 0.5) is 0 Å². The van der Waals surface area contributed by atoms with Gasteiger partial charge in [-0.05, 0) is 5.56 Å². The van der Waals surface area contributed by atoms with E-state index in [1.807, 2.05) is 54.6 Å². The predicted octanol–water partition coefficient (Wildman–Crippen LogP) is 5.38. The summed E-state index contributed by atoms with van der Waals surface area (Å²) in [5.74, 6) is 0.882. The molecular weight excluding hydrogens is 355 g/mol. The van der Waals surface area contributed by atoms with Crippen LogP contribution in [0.25, 0.3) is 0 Å². The first-order valence-corrected chi connectivity index (χ1v) is 8.52. The van der Waals surface area contributed by atoms with E-state index in [0.717, 1.165) is 5.75 Å². The Labute approximate surface area is 158 Å². The molecule has 0 aliphatic heterocycles. The first kappa shape index (κ1) is 20.8. The Morgan fingerprint density at radius 1 is 0.800 bits per heavy atom. The van der Waals surface area contributed by atoms with E-state index in [-0.39, 0.29) is 0 Å². The van der Waals surface area contributed by atoms with Crippen LogP contribution >= 0.6 is 0 Å². The molecule has 0 radical (unpaired) electrons. The fourth-order valence-corrected chi connectivity index (χ4v) is 2.09. The molecule has 3 rings (SSSR count). The van der Waals surface area contributed by atoms with Gasteiger partial charge in [-0.2, -0.15) is 54.1 Å². The molecule has 0 bridgehead atoms. The van der Waals surface area contributed by atoms with E-state index in [2.05, 4.69) is 59.0 Å². The average Bonchev–Trinajstić information content (AvgIpc) is 2.71. The number of aryl methyl sites for hydroxylation is 1. The molecule has 3 aromatic rings. The van der Waals surface area contributed by atoms with Crippen LogP contribution in [0, 0.1) is 12.1 Å². The largest absolute Gasteiger partial charge is 0.514 e. The van der Waals surface area contributed by atoms with Gasteiger partial charge in [0.1, 0.15) is 6.61 Å². The minimum absolute atomic E-state index is 0.616. The zero-order chi connectivity index (χ0) is 18.2. The summed E-state index contributed by atoms with van der Waals surface area (Å²) in [5.41, 5.74) is 2.59. The number of ether oxygens (including phenoxy) is 1. The van der Waals surface area contributed by atoms with Crippen LogP contribution in [-0.2, 0) is 32.6 Å². The monoisotopic (exact) mass is 377 g/mol. The maximum absolute atomic E-state index is 7.94. The molecule has 0 aliphatic rings. The van der Waals surface area contributed by atoms with E-state index in [4.69, 9.17) is 8.60 Å². The van der Waals surface area contributed by atoms with Crippen molar-refractivity contribution in [3.63, 3.8) is 0 Å². The molecule has 0 N–H and O–H groups in total. The van der Waals surface area contributed by atoms with Gasteiger partial charge in [-0.15, -0.1) is 12.1 Å². The second-order valence-corrected chi connectivity index (χ2v) is 5.17. The van der Waals surface area contributed by atoms with Gasteiger partial charge in [-0.3, -0.25) is 0 Å². The first-order valence-electron chi connectivity index (χ1n) is 8.10. The van der Waals surface area contributed by atoms with E-state index in [9.17, 15) is 0 Å². The van der Waals surface area contributed by atoms with Gasteiger partial charge in [-0.25, -0.2) is 0 Å². The Kier molecular flexibility index (Phi) is 11.8. The van der Waals surface area contributed by atoms with Crippen LogP contribution in [0.3, 0.4) is 0 Å². The third-order valence-corrected chi connectivity index (χ3v) is 3.26. The van der Waals surface area contributed by atoms with Crippen molar-refractivity contribution in [3.8, 4) is 5.75 Å². The van der Waals surface area contributed by atoms with E-state index in [1.165, 1.54) is 24.0 Å². The molecule has 0 unspecified atom stereocenters. The molecule has 0 aliphatic carbocycles. The molecule has 0 saturated carbocycles. The van der Waals surface area contributed by atoms with E-state index in [0.29, 0.717) is 6.61 Å². The summed E-state index contributed by atoms with van der Waals surface area (Å²) in [5, 5.41) is 0. The number of hydrogen-bond acceptors (Lipinski definition) is 2. The van der Waals surface area contributed by atoms with Crippen molar-refractivity contribution in [1.29, 1.82) is 0 Å². The van der Waals surface area contributed by atoms with Gasteiger partial charge in [0.05, 0.1) is 0 Å².